The van der Waals surface area contributed by atoms with Gasteiger partial charge in [0.25, 0.3) is 0 Å². The first-order chi connectivity index (χ1) is 51.7. The van der Waals surface area contributed by atoms with E-state index in [1.54, 1.807) is 0 Å². The summed E-state index contributed by atoms with van der Waals surface area (Å²) in [6, 6.07) is 51.9. The molecule has 38 heteroatoms. The van der Waals surface area contributed by atoms with Crippen LogP contribution in [0.2, 0.25) is 0 Å². The van der Waals surface area contributed by atoms with E-state index < -0.39 is 31.2 Å². The number of benzene rings is 4. The molecule has 624 valence electrons. The van der Waals surface area contributed by atoms with Crippen molar-refractivity contribution >= 4 is 37.2 Å². The largest absolute Gasteiger partial charge is 0.491 e. The first-order valence-corrected chi connectivity index (χ1v) is 43.0. The second-order valence-electron chi connectivity index (χ2n) is 27.8. The van der Waals surface area contributed by atoms with Crippen molar-refractivity contribution in [3.8, 4) is 33.8 Å². The van der Waals surface area contributed by atoms with Crippen molar-refractivity contribution in [2.24, 2.45) is 23.2 Å². The maximum absolute atomic E-state index is 13.0. The Bertz CT molecular complexity index is 4080. The molecule has 21 aliphatic rings. The molecule has 0 spiro atoms. The summed E-state index contributed by atoms with van der Waals surface area (Å²) in [5.74, 6) is 4.35. The molecule has 16 aliphatic heterocycles. The fourth-order valence-electron chi connectivity index (χ4n) is 13.4. The Labute approximate surface area is 633 Å². The molecule has 8 aromatic rings. The van der Waals surface area contributed by atoms with Crippen LogP contribution in [0.15, 0.2) is 232 Å². The Kier molecular flexibility index (Phi) is 26.2. The molecule has 5 aliphatic carbocycles. The van der Waals surface area contributed by atoms with Gasteiger partial charge in [0.05, 0.1) is 38.4 Å². The van der Waals surface area contributed by atoms with Crippen molar-refractivity contribution in [1.82, 2.24) is 0 Å². The smallest absolute Gasteiger partial charge is 0.312 e. The van der Waals surface area contributed by atoms with E-state index in [1.165, 1.54) is 74.9 Å². The number of pyridine rings is 4. The van der Waals surface area contributed by atoms with E-state index in [-0.39, 0.29) is 11.4 Å². The van der Waals surface area contributed by atoms with Gasteiger partial charge in [-0.15, -0.1) is 0 Å². The number of rotatable bonds is 17. The van der Waals surface area contributed by atoms with Gasteiger partial charge < -0.3 is 23.7 Å². The predicted molar refractivity (Wildman–Crippen MR) is 384 cm³/mol. The van der Waals surface area contributed by atoms with E-state index in [0.29, 0.717) is 52.2 Å². The third-order valence-electron chi connectivity index (χ3n) is 17.6. The van der Waals surface area contributed by atoms with Crippen LogP contribution >= 0.6 is 31.2 Å². The monoisotopic (exact) mass is 1710 g/mol. The number of aromatic nitrogens is 4. The molecule has 0 N–H and O–H groups in total. The number of halogens is 24. The molecule has 0 unspecified atom stereocenters. The topological polar surface area (TPSA) is 78.7 Å². The Balaban J connectivity index is 0.000000212. The average Bonchev–Trinajstić information content (AvgIpc) is 0.787. The van der Waals surface area contributed by atoms with Crippen LogP contribution in [0.25, 0.3) is 22.3 Å². The van der Waals surface area contributed by atoms with E-state index in [4.69, 9.17) is 23.7 Å². The molecule has 0 atom stereocenters. The van der Waals surface area contributed by atoms with Crippen LogP contribution in [-0.2, 0) is 51.6 Å². The van der Waals surface area contributed by atoms with Crippen LogP contribution < -0.4 is 27.7 Å². The summed E-state index contributed by atoms with van der Waals surface area (Å²) in [6.45, 7) is 6.96. The molecule has 0 amide bonds. The van der Waals surface area contributed by atoms with E-state index >= 15 is 0 Å². The Morgan fingerprint density at radius 3 is 0.885 bits per heavy atom. The molecular formula is C75H80F24N4O6P4. The Hall–Kier alpha value is -8.27. The van der Waals surface area contributed by atoms with E-state index in [9.17, 15) is 106 Å². The molecule has 4 aromatic carbocycles. The molecule has 20 heterocycles. The van der Waals surface area contributed by atoms with Gasteiger partial charge in [0.15, 0.2) is 75.8 Å². The van der Waals surface area contributed by atoms with Gasteiger partial charge in [-0.05, 0) is 127 Å². The molecule has 29 rings (SSSR count). The minimum absolute atomic E-state index is 0.0873. The van der Waals surface area contributed by atoms with E-state index in [0.717, 1.165) is 87.5 Å². The summed E-state index contributed by atoms with van der Waals surface area (Å²) < 4.78 is 274. The first-order valence-electron chi connectivity index (χ1n) is 34.9. The average molecular weight is 1710 g/mol. The second-order valence-corrected chi connectivity index (χ2v) is 35.4. The summed E-state index contributed by atoms with van der Waals surface area (Å²) in [5, 5.41) is 0. The third kappa shape index (κ3) is 41.0. The summed E-state index contributed by atoms with van der Waals surface area (Å²) in [5.41, 5.74) is 12.4. The van der Waals surface area contributed by atoms with Gasteiger partial charge in [-0.1, -0.05) is 109 Å². The second kappa shape index (κ2) is 32.8. The maximum atomic E-state index is 13.0. The quantitative estimate of drug-likeness (QED) is 0.0297. The number of allylic oxidation sites excluding steroid dienone is 6. The molecule has 0 saturated heterocycles. The van der Waals surface area contributed by atoms with Gasteiger partial charge in [-0.3, -0.25) is 4.79 Å². The number of hydrogen-bond donors (Lipinski definition) is 0. The number of aryl methyl sites for hydroxylation is 1. The van der Waals surface area contributed by atoms with Crippen LogP contribution in [-0.4, -0.2) is 52.2 Å². The molecule has 4 saturated carbocycles. The van der Waals surface area contributed by atoms with Crippen LogP contribution in [0, 0.1) is 23.2 Å². The Morgan fingerprint density at radius 1 is 0.336 bits per heavy atom. The molecule has 113 heavy (non-hydrogen) atoms. The molecule has 4 aromatic heterocycles. The van der Waals surface area contributed by atoms with Crippen molar-refractivity contribution in [1.29, 1.82) is 0 Å². The first kappa shape index (κ1) is 90.3. The minimum Gasteiger partial charge on any atom is -0.491 e. The van der Waals surface area contributed by atoms with E-state index in [2.05, 4.69) is 213 Å². The number of hydrogen-bond acceptors (Lipinski definition) is 6. The molecular weight excluding hydrogens is 1630 g/mol. The molecule has 10 nitrogen and oxygen atoms in total. The van der Waals surface area contributed by atoms with Crippen LogP contribution in [0.4, 0.5) is 101 Å². The predicted octanol–water partition coefficient (Wildman–Crippen LogP) is 25.8. The normalized spacial score (nSPS) is 20.1. The molecule has 4 fully saturated rings. The number of carbonyl (C=O) groups is 1. The third-order valence-corrected chi connectivity index (χ3v) is 17.6. The van der Waals surface area contributed by atoms with Gasteiger partial charge in [-0.2, -0.15) is 0 Å². The Morgan fingerprint density at radius 2 is 0.602 bits per heavy atom. The minimum atomic E-state index is -10.7. The number of esters is 1. The van der Waals surface area contributed by atoms with Crippen molar-refractivity contribution < 1.29 is 147 Å². The zero-order valence-corrected chi connectivity index (χ0v) is 63.4. The van der Waals surface area contributed by atoms with Crippen LogP contribution in [0.5, 0.6) is 11.5 Å². The fraction of sp³-hybridized carbons (Fsp3) is 0.320. The van der Waals surface area contributed by atoms with Gasteiger partial charge in [0.2, 0.25) is 0 Å². The summed E-state index contributed by atoms with van der Waals surface area (Å²) in [6.07, 6.45) is 38.9. The fourth-order valence-corrected chi connectivity index (χ4v) is 13.4. The van der Waals surface area contributed by atoms with Crippen molar-refractivity contribution in [3.63, 3.8) is 0 Å². The van der Waals surface area contributed by atoms with Crippen molar-refractivity contribution in [3.05, 3.63) is 265 Å². The van der Waals surface area contributed by atoms with Gasteiger partial charge in [-0.25, -0.2) is 18.3 Å². The standard InChI is InChI=1S/C39H48O6.C36H32N4.4F6P/c40-38(39-27-31-24-32(28-39)26-33(25-31)29-39)45-17-5-6-30-9-13-36(14-10-30)43-22-20-41-18-19-42-21-23-44-37-15-11-35(12-16-37)34-7-3-1-2-4-8-34;1-2-30-4-3-29(1)25-37-17-9-33(10-18-37)35-13-21-39(22-14-35)27-31-5-7-32(8-6-31)28-40-23-15-36(16-24-40)34-11-19-38(26-30)20-12-34;4*1-7(2,3,4,5)6/h1-4,7-16,31-34H,5-6,17-29H2;1-24H,25-28H2;;;;/q;+4;4*-1. The van der Waals surface area contributed by atoms with Gasteiger partial charge >= 0.3 is 138 Å². The zero-order valence-electron chi connectivity index (χ0n) is 59.8. The van der Waals surface area contributed by atoms with Gasteiger partial charge in [0, 0.05) is 76.7 Å². The van der Waals surface area contributed by atoms with Crippen LogP contribution in [0.1, 0.15) is 84.2 Å². The number of ether oxygens (including phenoxy) is 5. The van der Waals surface area contributed by atoms with Crippen molar-refractivity contribution in [2.75, 3.05) is 46.2 Å². The summed E-state index contributed by atoms with van der Waals surface area (Å²) in [7, 11) is -42.6. The summed E-state index contributed by atoms with van der Waals surface area (Å²) in [4.78, 5) is 13.0. The molecule has 16 bridgehead atoms. The summed E-state index contributed by atoms with van der Waals surface area (Å²) >= 11 is 0. The maximum Gasteiger partial charge on any atom is 0.312 e. The number of carbonyl (C=O) groups excluding carboxylic acids is 1. The van der Waals surface area contributed by atoms with Crippen molar-refractivity contribution in [2.45, 2.75) is 83.5 Å². The van der Waals surface area contributed by atoms with Crippen LogP contribution in [0.3, 0.4) is 0 Å². The zero-order chi connectivity index (χ0) is 83.1. The SMILES string of the molecule is F[P-](F)(F)(F)(F)F.F[P-](F)(F)(F)(F)F.F[P-](F)(F)(F)(F)F.F[P-](F)(F)(F)(F)F.O=C(OCCCc1ccc(OCCOCCOCCOc2ccc(C3C=CC=CC=C3)cc2)cc1)C12CC3CC(CC(C3)C1)C2.c1cc2ccc1C[n+]1ccc(cc1)-c1cc[n+](cc1)Cc1ccc(cc1)C[n+]1ccc(cc1)-c1cc[n+](cc1)C2. The number of nitrogens with zero attached hydrogens (tertiary/aromatic N) is 4. The van der Waals surface area contributed by atoms with Gasteiger partial charge in [0.1, 0.15) is 24.7 Å². The van der Waals surface area contributed by atoms with E-state index in [1.807, 2.05) is 36.4 Å². The molecule has 0 radical (unpaired) electrons.